The zero-order chi connectivity index (χ0) is 14.5. The minimum atomic E-state index is -1.05. The van der Waals surface area contributed by atoms with Crippen molar-refractivity contribution in [2.75, 3.05) is 20.6 Å². The number of hydrogen-bond acceptors (Lipinski definition) is 3. The summed E-state index contributed by atoms with van der Waals surface area (Å²) in [6.07, 6.45) is 0. The first-order valence-electron chi connectivity index (χ1n) is 5.57. The molecule has 18 heavy (non-hydrogen) atoms. The molecule has 0 aliphatic carbocycles. The second-order valence-corrected chi connectivity index (χ2v) is 4.97. The summed E-state index contributed by atoms with van der Waals surface area (Å²) >= 11 is 0. The van der Waals surface area contributed by atoms with Crippen LogP contribution in [0.5, 0.6) is 0 Å². The summed E-state index contributed by atoms with van der Waals surface area (Å²) in [5.74, 6) is -1.23. The molecule has 0 aromatic heterocycles. The zero-order valence-electron chi connectivity index (χ0n) is 11.4. The van der Waals surface area contributed by atoms with E-state index < -0.39 is 23.5 Å². The monoisotopic (exact) mass is 259 g/mol. The highest BCUT2D eigenvalue weighted by molar-refractivity contribution is 5.86. The third kappa shape index (κ3) is 5.03. The summed E-state index contributed by atoms with van der Waals surface area (Å²) < 4.78 is 0. The predicted octanol–water partition coefficient (Wildman–Crippen LogP) is -0.127. The first-order chi connectivity index (χ1) is 8.08. The number of carboxylic acid groups (broad SMARTS) is 1. The van der Waals surface area contributed by atoms with Gasteiger partial charge in [0, 0.05) is 20.6 Å². The van der Waals surface area contributed by atoms with Crippen LogP contribution in [0, 0.1) is 5.41 Å². The van der Waals surface area contributed by atoms with Crippen LogP contribution in [-0.4, -0.2) is 54.6 Å². The second-order valence-electron chi connectivity index (χ2n) is 4.97. The van der Waals surface area contributed by atoms with Crippen LogP contribution in [0.4, 0.5) is 4.79 Å². The second kappa shape index (κ2) is 6.23. The SMILES string of the molecule is CC(NC(=O)NCC(C)(C)C(=O)O)C(=O)N(C)C. The first kappa shape index (κ1) is 16.2. The number of nitrogens with one attached hydrogen (secondary N) is 2. The first-order valence-corrected chi connectivity index (χ1v) is 5.57. The van der Waals surface area contributed by atoms with Crippen molar-refractivity contribution in [2.45, 2.75) is 26.8 Å². The Morgan fingerprint density at radius 1 is 1.28 bits per heavy atom. The van der Waals surface area contributed by atoms with Gasteiger partial charge in [0.25, 0.3) is 0 Å². The summed E-state index contributed by atoms with van der Waals surface area (Å²) in [5.41, 5.74) is -1.05. The molecular formula is C11H21N3O4. The lowest BCUT2D eigenvalue weighted by Crippen LogP contribution is -2.50. The summed E-state index contributed by atoms with van der Waals surface area (Å²) in [6, 6.07) is -1.22. The van der Waals surface area contributed by atoms with Crippen molar-refractivity contribution < 1.29 is 19.5 Å². The van der Waals surface area contributed by atoms with Gasteiger partial charge in [-0.3, -0.25) is 9.59 Å². The number of likely N-dealkylation sites (N-methyl/N-ethyl adjacent to an activating group) is 1. The van der Waals surface area contributed by atoms with Crippen molar-refractivity contribution in [3.63, 3.8) is 0 Å². The summed E-state index contributed by atoms with van der Waals surface area (Å²) in [6.45, 7) is 4.55. The molecule has 1 atom stereocenters. The van der Waals surface area contributed by atoms with Gasteiger partial charge in [0.05, 0.1) is 5.41 Å². The van der Waals surface area contributed by atoms with Crippen molar-refractivity contribution in [2.24, 2.45) is 5.41 Å². The van der Waals surface area contributed by atoms with Crippen molar-refractivity contribution in [3.05, 3.63) is 0 Å². The van der Waals surface area contributed by atoms with Gasteiger partial charge in [-0.25, -0.2) is 4.79 Å². The average molecular weight is 259 g/mol. The molecule has 0 radical (unpaired) electrons. The fourth-order valence-corrected chi connectivity index (χ4v) is 1.07. The van der Waals surface area contributed by atoms with Gasteiger partial charge < -0.3 is 20.6 Å². The van der Waals surface area contributed by atoms with E-state index in [2.05, 4.69) is 10.6 Å². The molecule has 0 heterocycles. The number of rotatable bonds is 5. The highest BCUT2D eigenvalue weighted by Crippen LogP contribution is 2.12. The smallest absolute Gasteiger partial charge is 0.315 e. The fraction of sp³-hybridized carbons (Fsp3) is 0.727. The van der Waals surface area contributed by atoms with Crippen LogP contribution in [0.3, 0.4) is 0 Å². The topological polar surface area (TPSA) is 98.7 Å². The molecule has 0 fully saturated rings. The van der Waals surface area contributed by atoms with E-state index in [1.807, 2.05) is 0 Å². The lowest BCUT2D eigenvalue weighted by atomic mass is 9.94. The lowest BCUT2D eigenvalue weighted by molar-refractivity contribution is -0.146. The van der Waals surface area contributed by atoms with Gasteiger partial charge in [0.1, 0.15) is 6.04 Å². The minimum absolute atomic E-state index is 0.0168. The lowest BCUT2D eigenvalue weighted by Gasteiger charge is -2.22. The van der Waals surface area contributed by atoms with Crippen molar-refractivity contribution in [3.8, 4) is 0 Å². The van der Waals surface area contributed by atoms with Gasteiger partial charge in [0.2, 0.25) is 5.91 Å². The maximum atomic E-state index is 11.5. The Morgan fingerprint density at radius 2 is 1.78 bits per heavy atom. The summed E-state index contributed by atoms with van der Waals surface area (Å²) in [7, 11) is 3.18. The Labute approximate surface area is 107 Å². The molecule has 0 saturated heterocycles. The van der Waals surface area contributed by atoms with E-state index in [0.29, 0.717) is 0 Å². The molecule has 1 unspecified atom stereocenters. The number of carboxylic acids is 1. The average Bonchev–Trinajstić information content (AvgIpc) is 2.24. The van der Waals surface area contributed by atoms with E-state index in [1.165, 1.54) is 18.7 Å². The molecule has 0 aromatic carbocycles. The van der Waals surface area contributed by atoms with Crippen LogP contribution in [0.25, 0.3) is 0 Å². The number of carbonyl (C=O) groups is 3. The van der Waals surface area contributed by atoms with Gasteiger partial charge >= 0.3 is 12.0 Å². The van der Waals surface area contributed by atoms with Crippen LogP contribution in [0.15, 0.2) is 0 Å². The van der Waals surface area contributed by atoms with Gasteiger partial charge in [-0.2, -0.15) is 0 Å². The molecule has 7 nitrogen and oxygen atoms in total. The number of aliphatic carboxylic acids is 1. The molecule has 0 bridgehead atoms. The quantitative estimate of drug-likeness (QED) is 0.640. The molecule has 0 aromatic rings. The predicted molar refractivity (Wildman–Crippen MR) is 66.1 cm³/mol. The molecule has 0 rings (SSSR count). The largest absolute Gasteiger partial charge is 0.481 e. The van der Waals surface area contributed by atoms with E-state index >= 15 is 0 Å². The number of carbonyl (C=O) groups excluding carboxylic acids is 2. The van der Waals surface area contributed by atoms with E-state index in [1.54, 1.807) is 21.0 Å². The molecule has 0 aliphatic heterocycles. The maximum Gasteiger partial charge on any atom is 0.315 e. The van der Waals surface area contributed by atoms with Crippen LogP contribution in [0.2, 0.25) is 0 Å². The zero-order valence-corrected chi connectivity index (χ0v) is 11.4. The third-order valence-electron chi connectivity index (χ3n) is 2.43. The molecular weight excluding hydrogens is 238 g/mol. The molecule has 0 saturated carbocycles. The van der Waals surface area contributed by atoms with Crippen LogP contribution < -0.4 is 10.6 Å². The highest BCUT2D eigenvalue weighted by atomic mass is 16.4. The number of urea groups is 1. The molecule has 0 aliphatic rings. The van der Waals surface area contributed by atoms with Gasteiger partial charge in [-0.05, 0) is 20.8 Å². The minimum Gasteiger partial charge on any atom is -0.481 e. The van der Waals surface area contributed by atoms with Crippen molar-refractivity contribution in [1.82, 2.24) is 15.5 Å². The molecule has 7 heteroatoms. The van der Waals surface area contributed by atoms with Crippen LogP contribution >= 0.6 is 0 Å². The third-order valence-corrected chi connectivity index (χ3v) is 2.43. The number of amides is 3. The van der Waals surface area contributed by atoms with Crippen molar-refractivity contribution >= 4 is 17.9 Å². The van der Waals surface area contributed by atoms with Crippen LogP contribution in [0.1, 0.15) is 20.8 Å². The maximum absolute atomic E-state index is 11.5. The van der Waals surface area contributed by atoms with E-state index in [-0.39, 0.29) is 12.5 Å². The molecule has 3 N–H and O–H groups in total. The van der Waals surface area contributed by atoms with Gasteiger partial charge in [0.15, 0.2) is 0 Å². The molecule has 3 amide bonds. The van der Waals surface area contributed by atoms with E-state index in [4.69, 9.17) is 5.11 Å². The molecule has 0 spiro atoms. The standard InChI is InChI=1S/C11H21N3O4/c1-7(8(15)14(4)5)13-10(18)12-6-11(2,3)9(16)17/h7H,6H2,1-5H3,(H,16,17)(H2,12,13,18). The Balaban J connectivity index is 4.22. The van der Waals surface area contributed by atoms with Gasteiger partial charge in [-0.1, -0.05) is 0 Å². The number of hydrogen-bond donors (Lipinski definition) is 3. The highest BCUT2D eigenvalue weighted by Gasteiger charge is 2.28. The summed E-state index contributed by atoms with van der Waals surface area (Å²) in [5, 5.41) is 13.7. The molecule has 104 valence electrons. The summed E-state index contributed by atoms with van der Waals surface area (Å²) in [4.78, 5) is 35.1. The van der Waals surface area contributed by atoms with Crippen molar-refractivity contribution in [1.29, 1.82) is 0 Å². The fourth-order valence-electron chi connectivity index (χ4n) is 1.07. The Hall–Kier alpha value is -1.79. The van der Waals surface area contributed by atoms with E-state index in [9.17, 15) is 14.4 Å². The normalized spacial score (nSPS) is 12.5. The number of nitrogens with zero attached hydrogens (tertiary/aromatic N) is 1. The van der Waals surface area contributed by atoms with Gasteiger partial charge in [-0.15, -0.1) is 0 Å². The Bertz CT molecular complexity index is 339. The Kier molecular flexibility index (Phi) is 5.61. The van der Waals surface area contributed by atoms with Crippen LogP contribution in [-0.2, 0) is 9.59 Å². The van der Waals surface area contributed by atoms with E-state index in [0.717, 1.165) is 0 Å². The Morgan fingerprint density at radius 3 is 2.17 bits per heavy atom.